The van der Waals surface area contributed by atoms with Crippen LogP contribution in [0.3, 0.4) is 0 Å². The summed E-state index contributed by atoms with van der Waals surface area (Å²) in [6, 6.07) is 9.44. The lowest BCUT2D eigenvalue weighted by atomic mass is 10.2. The summed E-state index contributed by atoms with van der Waals surface area (Å²) in [6.07, 6.45) is 0.766. The van der Waals surface area contributed by atoms with E-state index in [-0.39, 0.29) is 18.1 Å². The van der Waals surface area contributed by atoms with Crippen LogP contribution in [0.5, 0.6) is 0 Å². The number of aromatic nitrogens is 2. The van der Waals surface area contributed by atoms with Gasteiger partial charge in [-0.15, -0.1) is 0 Å². The number of hydrogen-bond acceptors (Lipinski definition) is 4. The lowest BCUT2D eigenvalue weighted by Gasteiger charge is -2.26. The van der Waals surface area contributed by atoms with Crippen molar-refractivity contribution in [2.24, 2.45) is 0 Å². The summed E-state index contributed by atoms with van der Waals surface area (Å²) in [5, 5.41) is 3.44. The van der Waals surface area contributed by atoms with Gasteiger partial charge in [-0.2, -0.15) is 0 Å². The van der Waals surface area contributed by atoms with E-state index in [0.29, 0.717) is 18.2 Å². The molecule has 8 heteroatoms. The Balaban J connectivity index is 2.54. The van der Waals surface area contributed by atoms with Crippen LogP contribution in [0.1, 0.15) is 25.8 Å². The van der Waals surface area contributed by atoms with Crippen LogP contribution in [-0.4, -0.2) is 27.8 Å². The third-order valence-electron chi connectivity index (χ3n) is 3.69. The molecule has 1 aromatic heterocycles. The van der Waals surface area contributed by atoms with Crippen molar-refractivity contribution < 1.29 is 0 Å². The molecule has 0 aliphatic carbocycles. The van der Waals surface area contributed by atoms with Gasteiger partial charge in [0.25, 0.3) is 5.56 Å². The van der Waals surface area contributed by atoms with Gasteiger partial charge < -0.3 is 16.0 Å². The predicted octanol–water partition coefficient (Wildman–Crippen LogP) is 1.28. The van der Waals surface area contributed by atoms with Gasteiger partial charge >= 0.3 is 5.69 Å². The van der Waals surface area contributed by atoms with Crippen LogP contribution < -0.4 is 27.2 Å². The topological polar surface area (TPSA) is 96.2 Å². The van der Waals surface area contributed by atoms with Crippen LogP contribution in [0.15, 0.2) is 39.9 Å². The first kappa shape index (κ1) is 18.7. The number of rotatable bonds is 6. The molecule has 0 amide bonds. The van der Waals surface area contributed by atoms with Crippen molar-refractivity contribution in [2.75, 3.05) is 23.7 Å². The van der Waals surface area contributed by atoms with Crippen molar-refractivity contribution in [3.63, 3.8) is 0 Å². The summed E-state index contributed by atoms with van der Waals surface area (Å²) >= 11 is 5.37. The van der Waals surface area contributed by atoms with E-state index >= 15 is 0 Å². The standard InChI is InChI=1S/C17H23N5O2S/c1-3-10-21(17(25)19-4-2)13-14(18)22(16(24)20-15(13)23)11-12-8-6-5-7-9-12/h5-9H,3-4,10-11,18H2,1-2H3,(H,19,25)(H,20,23,24). The van der Waals surface area contributed by atoms with Gasteiger partial charge in [0.05, 0.1) is 6.54 Å². The van der Waals surface area contributed by atoms with Crippen molar-refractivity contribution in [2.45, 2.75) is 26.8 Å². The van der Waals surface area contributed by atoms with Crippen molar-refractivity contribution in [3.05, 3.63) is 56.7 Å². The summed E-state index contributed by atoms with van der Waals surface area (Å²) in [7, 11) is 0. The molecular weight excluding hydrogens is 338 g/mol. The van der Waals surface area contributed by atoms with E-state index in [0.717, 1.165) is 12.0 Å². The zero-order valence-corrected chi connectivity index (χ0v) is 15.2. The molecule has 1 aromatic carbocycles. The Morgan fingerprint density at radius 3 is 2.56 bits per heavy atom. The van der Waals surface area contributed by atoms with Crippen LogP contribution in [-0.2, 0) is 6.54 Å². The number of H-pyrrole nitrogens is 1. The molecule has 0 saturated heterocycles. The number of aromatic amines is 1. The maximum absolute atomic E-state index is 12.4. The highest BCUT2D eigenvalue weighted by molar-refractivity contribution is 7.80. The first-order valence-electron chi connectivity index (χ1n) is 8.21. The zero-order chi connectivity index (χ0) is 18.4. The Bertz CT molecular complexity index is 844. The summed E-state index contributed by atoms with van der Waals surface area (Å²) in [5.74, 6) is 0.103. The minimum Gasteiger partial charge on any atom is -0.383 e. The number of hydrogen-bond donors (Lipinski definition) is 3. The van der Waals surface area contributed by atoms with Gasteiger partial charge in [-0.1, -0.05) is 37.3 Å². The van der Waals surface area contributed by atoms with Gasteiger partial charge in [0.2, 0.25) is 0 Å². The Morgan fingerprint density at radius 1 is 1.28 bits per heavy atom. The summed E-state index contributed by atoms with van der Waals surface area (Å²) in [5.41, 5.74) is 6.24. The average molecular weight is 361 g/mol. The fraction of sp³-hybridized carbons (Fsp3) is 0.353. The summed E-state index contributed by atoms with van der Waals surface area (Å²) < 4.78 is 1.35. The SMILES string of the molecule is CCCN(C(=S)NCC)c1c(N)n(Cc2ccccc2)c(=O)[nH]c1=O. The van der Waals surface area contributed by atoms with Gasteiger partial charge in [-0.25, -0.2) is 4.79 Å². The van der Waals surface area contributed by atoms with Crippen LogP contribution >= 0.6 is 12.2 Å². The number of thiocarbonyl (C=S) groups is 1. The Hall–Kier alpha value is -2.61. The number of benzene rings is 1. The van der Waals surface area contributed by atoms with Gasteiger partial charge in [0.15, 0.2) is 10.8 Å². The molecule has 0 fully saturated rings. The molecule has 25 heavy (non-hydrogen) atoms. The highest BCUT2D eigenvalue weighted by atomic mass is 32.1. The normalized spacial score (nSPS) is 10.5. The maximum Gasteiger partial charge on any atom is 0.330 e. The minimum absolute atomic E-state index is 0.103. The Kier molecular flexibility index (Phi) is 6.35. The Labute approximate surface area is 151 Å². The van der Waals surface area contributed by atoms with Gasteiger partial charge in [0.1, 0.15) is 5.82 Å². The highest BCUT2D eigenvalue weighted by Crippen LogP contribution is 2.18. The second-order valence-electron chi connectivity index (χ2n) is 5.55. The highest BCUT2D eigenvalue weighted by Gasteiger charge is 2.21. The fourth-order valence-corrected chi connectivity index (χ4v) is 2.87. The quantitative estimate of drug-likeness (QED) is 0.671. The van der Waals surface area contributed by atoms with E-state index in [2.05, 4.69) is 10.3 Å². The van der Waals surface area contributed by atoms with Crippen LogP contribution in [0.2, 0.25) is 0 Å². The van der Waals surface area contributed by atoms with Crippen molar-refractivity contribution in [1.82, 2.24) is 14.9 Å². The number of nitrogens with one attached hydrogen (secondary N) is 2. The van der Waals surface area contributed by atoms with Crippen molar-refractivity contribution in [3.8, 4) is 0 Å². The van der Waals surface area contributed by atoms with Gasteiger partial charge in [0, 0.05) is 13.1 Å². The molecule has 0 atom stereocenters. The molecule has 0 spiro atoms. The maximum atomic E-state index is 12.4. The molecule has 0 unspecified atom stereocenters. The minimum atomic E-state index is -0.541. The third-order valence-corrected chi connectivity index (χ3v) is 4.05. The molecular formula is C17H23N5O2S. The first-order chi connectivity index (χ1) is 12.0. The molecule has 2 aromatic rings. The van der Waals surface area contributed by atoms with Crippen LogP contribution in [0.4, 0.5) is 11.5 Å². The predicted molar refractivity (Wildman–Crippen MR) is 105 cm³/mol. The van der Waals surface area contributed by atoms with Crippen LogP contribution in [0.25, 0.3) is 0 Å². The van der Waals surface area contributed by atoms with Crippen molar-refractivity contribution in [1.29, 1.82) is 0 Å². The molecule has 0 saturated carbocycles. The van der Waals surface area contributed by atoms with Gasteiger partial charge in [-0.05, 0) is 31.1 Å². The average Bonchev–Trinajstić information content (AvgIpc) is 2.59. The lowest BCUT2D eigenvalue weighted by molar-refractivity contribution is 0.727. The van der Waals surface area contributed by atoms with E-state index in [1.807, 2.05) is 44.2 Å². The monoisotopic (exact) mass is 361 g/mol. The number of nitrogens with two attached hydrogens (primary N) is 1. The van der Waals surface area contributed by atoms with Crippen LogP contribution in [0, 0.1) is 0 Å². The largest absolute Gasteiger partial charge is 0.383 e. The second-order valence-corrected chi connectivity index (χ2v) is 5.94. The Morgan fingerprint density at radius 2 is 1.96 bits per heavy atom. The number of anilines is 2. The number of nitrogen functional groups attached to an aromatic ring is 1. The second kappa shape index (κ2) is 8.48. The molecule has 0 bridgehead atoms. The van der Waals surface area contributed by atoms with E-state index in [9.17, 15) is 9.59 Å². The molecule has 0 aliphatic heterocycles. The lowest BCUT2D eigenvalue weighted by Crippen LogP contribution is -2.45. The fourth-order valence-electron chi connectivity index (χ4n) is 2.55. The van der Waals surface area contributed by atoms with E-state index < -0.39 is 11.2 Å². The van der Waals surface area contributed by atoms with E-state index in [4.69, 9.17) is 18.0 Å². The van der Waals surface area contributed by atoms with E-state index in [1.165, 1.54) is 4.57 Å². The van der Waals surface area contributed by atoms with Gasteiger partial charge in [-0.3, -0.25) is 14.3 Å². The molecule has 0 radical (unpaired) electrons. The number of nitrogens with zero attached hydrogens (tertiary/aromatic N) is 2. The van der Waals surface area contributed by atoms with Crippen molar-refractivity contribution >= 4 is 28.8 Å². The zero-order valence-electron chi connectivity index (χ0n) is 14.4. The molecule has 7 nitrogen and oxygen atoms in total. The first-order valence-corrected chi connectivity index (χ1v) is 8.62. The summed E-state index contributed by atoms with van der Waals surface area (Å²) in [4.78, 5) is 28.7. The smallest absolute Gasteiger partial charge is 0.330 e. The molecule has 134 valence electrons. The molecule has 4 N–H and O–H groups in total. The van der Waals surface area contributed by atoms with E-state index in [1.54, 1.807) is 4.90 Å². The molecule has 2 rings (SSSR count). The third kappa shape index (κ3) is 4.27. The molecule has 1 heterocycles. The molecule has 0 aliphatic rings. The summed E-state index contributed by atoms with van der Waals surface area (Å²) in [6.45, 7) is 5.30.